The standard InChI is InChI=1S/C14H23NO/c16-14(11-4-2-1-3-5-11)15-13-9-10-6-7-12(13)8-10/h10-13H,1-9H2,(H,15,16)/t10-,12+,13+/m0/s1. The molecular weight excluding hydrogens is 198 g/mol. The molecule has 0 unspecified atom stereocenters. The first-order valence-electron chi connectivity index (χ1n) is 7.13. The molecule has 1 N–H and O–H groups in total. The Labute approximate surface area is 98.2 Å². The van der Waals surface area contributed by atoms with Crippen molar-refractivity contribution in [3.8, 4) is 0 Å². The predicted octanol–water partition coefficient (Wildman–Crippen LogP) is 2.87. The number of fused-ring (bicyclic) bond motifs is 2. The highest BCUT2D eigenvalue weighted by molar-refractivity contribution is 5.79. The van der Waals surface area contributed by atoms with Gasteiger partial charge >= 0.3 is 0 Å². The normalized spacial score (nSPS) is 38.9. The van der Waals surface area contributed by atoms with Crippen molar-refractivity contribution in [3.63, 3.8) is 0 Å². The van der Waals surface area contributed by atoms with Gasteiger partial charge in [-0.2, -0.15) is 0 Å². The highest BCUT2D eigenvalue weighted by Gasteiger charge is 2.40. The number of amides is 1. The lowest BCUT2D eigenvalue weighted by Gasteiger charge is -2.27. The molecule has 0 aliphatic heterocycles. The molecule has 90 valence electrons. The van der Waals surface area contributed by atoms with E-state index in [-0.39, 0.29) is 0 Å². The summed E-state index contributed by atoms with van der Waals surface area (Å²) in [6.45, 7) is 0. The van der Waals surface area contributed by atoms with Crippen molar-refractivity contribution in [1.82, 2.24) is 5.32 Å². The highest BCUT2D eigenvalue weighted by Crippen LogP contribution is 2.44. The fraction of sp³-hybridized carbons (Fsp3) is 0.929. The zero-order chi connectivity index (χ0) is 11.0. The Bertz CT molecular complexity index is 270. The molecule has 1 amide bonds. The molecule has 0 spiro atoms. The van der Waals surface area contributed by atoms with Crippen LogP contribution in [-0.2, 0) is 4.79 Å². The molecule has 2 heteroatoms. The van der Waals surface area contributed by atoms with Crippen molar-refractivity contribution in [1.29, 1.82) is 0 Å². The number of carbonyl (C=O) groups is 1. The fourth-order valence-electron chi connectivity index (χ4n) is 4.09. The molecule has 0 heterocycles. The van der Waals surface area contributed by atoms with Gasteiger partial charge in [-0.15, -0.1) is 0 Å². The van der Waals surface area contributed by atoms with E-state index in [0.717, 1.165) is 24.7 Å². The summed E-state index contributed by atoms with van der Waals surface area (Å²) in [5.41, 5.74) is 0. The first kappa shape index (κ1) is 10.6. The fourth-order valence-corrected chi connectivity index (χ4v) is 4.09. The van der Waals surface area contributed by atoms with Gasteiger partial charge in [0, 0.05) is 12.0 Å². The molecule has 3 aliphatic rings. The summed E-state index contributed by atoms with van der Waals surface area (Å²) in [4.78, 5) is 12.1. The summed E-state index contributed by atoms with van der Waals surface area (Å²) in [6.07, 6.45) is 11.5. The van der Waals surface area contributed by atoms with Crippen LogP contribution in [0.4, 0.5) is 0 Å². The monoisotopic (exact) mass is 221 g/mol. The predicted molar refractivity (Wildman–Crippen MR) is 64.0 cm³/mol. The molecule has 3 saturated carbocycles. The molecule has 0 radical (unpaired) electrons. The minimum atomic E-state index is 0.341. The van der Waals surface area contributed by atoms with Gasteiger partial charge in [0.2, 0.25) is 5.91 Å². The Hall–Kier alpha value is -0.530. The topological polar surface area (TPSA) is 29.1 Å². The molecule has 0 aromatic rings. The van der Waals surface area contributed by atoms with Gasteiger partial charge in [-0.1, -0.05) is 25.7 Å². The van der Waals surface area contributed by atoms with Gasteiger partial charge in [0.1, 0.15) is 0 Å². The maximum Gasteiger partial charge on any atom is 0.223 e. The summed E-state index contributed by atoms with van der Waals surface area (Å²) < 4.78 is 0. The maximum absolute atomic E-state index is 12.1. The molecule has 0 saturated heterocycles. The summed E-state index contributed by atoms with van der Waals surface area (Å²) >= 11 is 0. The lowest BCUT2D eigenvalue weighted by Crippen LogP contribution is -2.42. The maximum atomic E-state index is 12.1. The van der Waals surface area contributed by atoms with E-state index >= 15 is 0 Å². The number of rotatable bonds is 2. The average molecular weight is 221 g/mol. The summed E-state index contributed by atoms with van der Waals surface area (Å²) in [7, 11) is 0. The number of nitrogens with one attached hydrogen (secondary N) is 1. The van der Waals surface area contributed by atoms with Crippen molar-refractivity contribution in [3.05, 3.63) is 0 Å². The zero-order valence-electron chi connectivity index (χ0n) is 10.1. The molecule has 3 aliphatic carbocycles. The minimum absolute atomic E-state index is 0.341. The van der Waals surface area contributed by atoms with Crippen molar-refractivity contribution in [2.45, 2.75) is 63.8 Å². The Morgan fingerprint density at radius 2 is 1.75 bits per heavy atom. The third-order valence-electron chi connectivity index (χ3n) is 5.04. The summed E-state index contributed by atoms with van der Waals surface area (Å²) in [6, 6.07) is 0.535. The van der Waals surface area contributed by atoms with E-state index in [1.54, 1.807) is 0 Å². The lowest BCUT2D eigenvalue weighted by atomic mass is 9.87. The number of carbonyl (C=O) groups excluding carboxylic acids is 1. The van der Waals surface area contributed by atoms with Crippen LogP contribution in [0.15, 0.2) is 0 Å². The molecule has 16 heavy (non-hydrogen) atoms. The van der Waals surface area contributed by atoms with Crippen molar-refractivity contribution in [2.75, 3.05) is 0 Å². The van der Waals surface area contributed by atoms with Gasteiger partial charge in [-0.3, -0.25) is 4.79 Å². The largest absolute Gasteiger partial charge is 0.353 e. The van der Waals surface area contributed by atoms with Gasteiger partial charge < -0.3 is 5.32 Å². The Balaban J connectivity index is 1.52. The van der Waals surface area contributed by atoms with Crippen LogP contribution >= 0.6 is 0 Å². The van der Waals surface area contributed by atoms with Crippen molar-refractivity contribution >= 4 is 5.91 Å². The SMILES string of the molecule is O=C(N[C@@H]1C[C@H]2CC[C@@H]1C2)C1CCCCC1. The Morgan fingerprint density at radius 1 is 0.938 bits per heavy atom. The van der Waals surface area contributed by atoms with Crippen LogP contribution in [0.1, 0.15) is 57.8 Å². The van der Waals surface area contributed by atoms with Crippen LogP contribution in [0.3, 0.4) is 0 Å². The molecule has 0 aromatic carbocycles. The highest BCUT2D eigenvalue weighted by atomic mass is 16.1. The molecular formula is C14H23NO. The Kier molecular flexibility index (Phi) is 2.91. The quantitative estimate of drug-likeness (QED) is 0.763. The van der Waals surface area contributed by atoms with Crippen LogP contribution in [0.2, 0.25) is 0 Å². The first-order valence-corrected chi connectivity index (χ1v) is 7.13. The van der Waals surface area contributed by atoms with E-state index in [0.29, 0.717) is 17.9 Å². The van der Waals surface area contributed by atoms with E-state index in [9.17, 15) is 4.79 Å². The second kappa shape index (κ2) is 4.38. The first-order chi connectivity index (χ1) is 7.83. The third kappa shape index (κ3) is 1.99. The van der Waals surface area contributed by atoms with E-state index in [1.807, 2.05) is 0 Å². The van der Waals surface area contributed by atoms with E-state index in [1.165, 1.54) is 44.9 Å². The van der Waals surface area contributed by atoms with Gasteiger partial charge in [-0.05, 0) is 43.9 Å². The molecule has 2 nitrogen and oxygen atoms in total. The lowest BCUT2D eigenvalue weighted by molar-refractivity contribution is -0.127. The second-order valence-corrected chi connectivity index (χ2v) is 6.12. The molecule has 3 fully saturated rings. The van der Waals surface area contributed by atoms with Gasteiger partial charge in [0.15, 0.2) is 0 Å². The van der Waals surface area contributed by atoms with Gasteiger partial charge in [0.05, 0.1) is 0 Å². The van der Waals surface area contributed by atoms with Crippen LogP contribution in [0, 0.1) is 17.8 Å². The van der Waals surface area contributed by atoms with Crippen LogP contribution in [0.25, 0.3) is 0 Å². The van der Waals surface area contributed by atoms with Crippen molar-refractivity contribution < 1.29 is 4.79 Å². The molecule has 3 atom stereocenters. The zero-order valence-corrected chi connectivity index (χ0v) is 10.1. The average Bonchev–Trinajstić information content (AvgIpc) is 2.92. The molecule has 3 rings (SSSR count). The van der Waals surface area contributed by atoms with Crippen molar-refractivity contribution in [2.24, 2.45) is 17.8 Å². The number of hydrogen-bond donors (Lipinski definition) is 1. The molecule has 2 bridgehead atoms. The number of hydrogen-bond acceptors (Lipinski definition) is 1. The van der Waals surface area contributed by atoms with E-state index in [2.05, 4.69) is 5.32 Å². The third-order valence-corrected chi connectivity index (χ3v) is 5.04. The van der Waals surface area contributed by atoms with E-state index in [4.69, 9.17) is 0 Å². The summed E-state index contributed by atoms with van der Waals surface area (Å²) in [5, 5.41) is 3.34. The van der Waals surface area contributed by atoms with Gasteiger partial charge in [0.25, 0.3) is 0 Å². The van der Waals surface area contributed by atoms with Crippen LogP contribution in [0.5, 0.6) is 0 Å². The van der Waals surface area contributed by atoms with E-state index < -0.39 is 0 Å². The second-order valence-electron chi connectivity index (χ2n) is 6.12. The molecule has 0 aromatic heterocycles. The van der Waals surface area contributed by atoms with Crippen LogP contribution < -0.4 is 5.32 Å². The summed E-state index contributed by atoms with van der Waals surface area (Å²) in [5.74, 6) is 2.46. The smallest absolute Gasteiger partial charge is 0.223 e. The Morgan fingerprint density at radius 3 is 2.38 bits per heavy atom. The van der Waals surface area contributed by atoms with Crippen LogP contribution in [-0.4, -0.2) is 11.9 Å². The van der Waals surface area contributed by atoms with Gasteiger partial charge in [-0.25, -0.2) is 0 Å². The minimum Gasteiger partial charge on any atom is -0.353 e.